The molecule has 0 atom stereocenters. The van der Waals surface area contributed by atoms with E-state index < -0.39 is 17.5 Å². The number of ether oxygens (including phenoxy) is 3. The molecule has 1 aromatic rings. The summed E-state index contributed by atoms with van der Waals surface area (Å²) in [7, 11) is 2.46. The molecular formula is C21H21NO6. The molecule has 0 saturated carbocycles. The Balaban J connectivity index is 2.14. The van der Waals surface area contributed by atoms with Crippen molar-refractivity contribution in [2.24, 2.45) is 0 Å². The van der Waals surface area contributed by atoms with Gasteiger partial charge in [-0.3, -0.25) is 4.79 Å². The van der Waals surface area contributed by atoms with Gasteiger partial charge in [-0.2, -0.15) is 0 Å². The van der Waals surface area contributed by atoms with E-state index in [-0.39, 0.29) is 23.5 Å². The molecule has 0 aromatic heterocycles. The van der Waals surface area contributed by atoms with Gasteiger partial charge in [0.15, 0.2) is 5.78 Å². The van der Waals surface area contributed by atoms with Gasteiger partial charge in [0.1, 0.15) is 17.0 Å². The lowest BCUT2D eigenvalue weighted by Crippen LogP contribution is -2.36. The molecule has 0 bridgehead atoms. The first kappa shape index (κ1) is 19.4. The summed E-state index contributed by atoms with van der Waals surface area (Å²) in [5.41, 5.74) is 0.390. The Bertz CT molecular complexity index is 938. The molecule has 0 radical (unpaired) electrons. The molecule has 0 saturated heterocycles. The van der Waals surface area contributed by atoms with E-state index in [1.807, 2.05) is 13.8 Å². The van der Waals surface area contributed by atoms with E-state index in [4.69, 9.17) is 14.2 Å². The van der Waals surface area contributed by atoms with Gasteiger partial charge in [-0.15, -0.1) is 0 Å². The minimum absolute atomic E-state index is 0.0104. The van der Waals surface area contributed by atoms with Crippen LogP contribution in [-0.4, -0.2) is 37.5 Å². The Morgan fingerprint density at radius 3 is 2.50 bits per heavy atom. The second-order valence-electron chi connectivity index (χ2n) is 6.96. The van der Waals surface area contributed by atoms with Gasteiger partial charge in [0.2, 0.25) is 0 Å². The first-order valence-electron chi connectivity index (χ1n) is 8.68. The largest absolute Gasteiger partial charge is 0.487 e. The highest BCUT2D eigenvalue weighted by atomic mass is 16.5. The molecule has 0 spiro atoms. The van der Waals surface area contributed by atoms with Crippen LogP contribution in [0.25, 0.3) is 0 Å². The molecule has 7 nitrogen and oxygen atoms in total. The SMILES string of the molecule is COC(=O)C1=C(C(=O)OC)N(c2ccc3c(c2)C(=O)CC(C)(C)O3)C=CC=C1. The number of esters is 2. The van der Waals surface area contributed by atoms with Gasteiger partial charge in [-0.1, -0.05) is 6.08 Å². The predicted octanol–water partition coefficient (Wildman–Crippen LogP) is 2.92. The van der Waals surface area contributed by atoms with Crippen molar-refractivity contribution >= 4 is 23.4 Å². The number of rotatable bonds is 3. The summed E-state index contributed by atoms with van der Waals surface area (Å²) in [5, 5.41) is 0. The molecule has 1 aromatic carbocycles. The Labute approximate surface area is 162 Å². The van der Waals surface area contributed by atoms with E-state index in [1.165, 1.54) is 25.2 Å². The number of Topliss-reactive ketones (excluding diaryl/α,β-unsaturated/α-hetero) is 1. The van der Waals surface area contributed by atoms with Gasteiger partial charge < -0.3 is 19.1 Å². The molecule has 7 heteroatoms. The molecule has 2 heterocycles. The average Bonchev–Trinajstić information content (AvgIpc) is 2.88. The lowest BCUT2D eigenvalue weighted by Gasteiger charge is -2.32. The summed E-state index contributed by atoms with van der Waals surface area (Å²) in [5.74, 6) is -0.956. The van der Waals surface area contributed by atoms with Crippen LogP contribution in [-0.2, 0) is 19.1 Å². The van der Waals surface area contributed by atoms with Crippen molar-refractivity contribution in [2.45, 2.75) is 25.9 Å². The van der Waals surface area contributed by atoms with E-state index in [1.54, 1.807) is 36.6 Å². The molecule has 0 unspecified atom stereocenters. The van der Waals surface area contributed by atoms with Crippen LogP contribution in [0.15, 0.2) is 53.9 Å². The van der Waals surface area contributed by atoms with E-state index in [9.17, 15) is 14.4 Å². The fraction of sp³-hybridized carbons (Fsp3) is 0.286. The van der Waals surface area contributed by atoms with Gasteiger partial charge in [0.25, 0.3) is 0 Å². The van der Waals surface area contributed by atoms with E-state index in [0.717, 1.165) is 0 Å². The highest BCUT2D eigenvalue weighted by Gasteiger charge is 2.34. The Morgan fingerprint density at radius 2 is 1.82 bits per heavy atom. The van der Waals surface area contributed by atoms with Crippen molar-refractivity contribution in [3.63, 3.8) is 0 Å². The molecule has 2 aliphatic heterocycles. The van der Waals surface area contributed by atoms with Crippen molar-refractivity contribution in [2.75, 3.05) is 19.1 Å². The summed E-state index contributed by atoms with van der Waals surface area (Å²) in [6.45, 7) is 3.71. The number of carbonyl (C=O) groups is 3. The summed E-state index contributed by atoms with van der Waals surface area (Å²) in [6, 6.07) is 5.03. The Morgan fingerprint density at radius 1 is 1.11 bits per heavy atom. The molecule has 0 N–H and O–H groups in total. The van der Waals surface area contributed by atoms with Gasteiger partial charge in [-0.05, 0) is 44.2 Å². The normalized spacial score (nSPS) is 17.6. The fourth-order valence-corrected chi connectivity index (χ4v) is 3.16. The van der Waals surface area contributed by atoms with Gasteiger partial charge in [0, 0.05) is 11.9 Å². The number of allylic oxidation sites excluding steroid dienone is 2. The number of hydrogen-bond acceptors (Lipinski definition) is 7. The highest BCUT2D eigenvalue weighted by molar-refractivity contribution is 6.06. The number of hydrogen-bond donors (Lipinski definition) is 0. The number of fused-ring (bicyclic) bond motifs is 1. The monoisotopic (exact) mass is 383 g/mol. The van der Waals surface area contributed by atoms with Crippen molar-refractivity contribution in [3.8, 4) is 5.75 Å². The Hall–Kier alpha value is -3.35. The van der Waals surface area contributed by atoms with E-state index in [2.05, 4.69) is 0 Å². The van der Waals surface area contributed by atoms with Crippen molar-refractivity contribution in [3.05, 3.63) is 59.5 Å². The zero-order chi connectivity index (χ0) is 20.5. The summed E-state index contributed by atoms with van der Waals surface area (Å²) in [4.78, 5) is 38.8. The van der Waals surface area contributed by atoms with Crippen molar-refractivity contribution in [1.29, 1.82) is 0 Å². The van der Waals surface area contributed by atoms with Crippen LogP contribution in [0, 0.1) is 0 Å². The predicted molar refractivity (Wildman–Crippen MR) is 102 cm³/mol. The topological polar surface area (TPSA) is 82.1 Å². The van der Waals surface area contributed by atoms with Crippen LogP contribution >= 0.6 is 0 Å². The van der Waals surface area contributed by atoms with Crippen LogP contribution in [0.4, 0.5) is 5.69 Å². The van der Waals surface area contributed by atoms with Crippen molar-refractivity contribution in [1.82, 2.24) is 0 Å². The fourth-order valence-electron chi connectivity index (χ4n) is 3.16. The lowest BCUT2D eigenvalue weighted by atomic mass is 9.92. The summed E-state index contributed by atoms with van der Waals surface area (Å²) < 4.78 is 15.6. The maximum Gasteiger partial charge on any atom is 0.355 e. The second kappa shape index (κ2) is 7.34. The number of methoxy groups -OCH3 is 2. The summed E-state index contributed by atoms with van der Waals surface area (Å²) in [6.07, 6.45) is 6.61. The second-order valence-corrected chi connectivity index (χ2v) is 6.96. The van der Waals surface area contributed by atoms with Crippen LogP contribution in [0.1, 0.15) is 30.6 Å². The van der Waals surface area contributed by atoms with Crippen LogP contribution < -0.4 is 9.64 Å². The molecule has 0 fully saturated rings. The lowest BCUT2D eigenvalue weighted by molar-refractivity contribution is -0.139. The van der Waals surface area contributed by atoms with Crippen LogP contribution in [0.3, 0.4) is 0 Å². The zero-order valence-electron chi connectivity index (χ0n) is 16.1. The third-order valence-corrected chi connectivity index (χ3v) is 4.40. The highest BCUT2D eigenvalue weighted by Crippen LogP contribution is 2.37. The van der Waals surface area contributed by atoms with Crippen LogP contribution in [0.2, 0.25) is 0 Å². The quantitative estimate of drug-likeness (QED) is 0.742. The molecule has 146 valence electrons. The molecule has 2 aliphatic rings. The Kier molecular flexibility index (Phi) is 5.09. The number of anilines is 1. The number of nitrogens with zero attached hydrogens (tertiary/aromatic N) is 1. The minimum atomic E-state index is -0.710. The maximum atomic E-state index is 12.6. The molecule has 28 heavy (non-hydrogen) atoms. The summed E-state index contributed by atoms with van der Waals surface area (Å²) >= 11 is 0. The zero-order valence-corrected chi connectivity index (χ0v) is 16.1. The third-order valence-electron chi connectivity index (χ3n) is 4.40. The van der Waals surface area contributed by atoms with E-state index in [0.29, 0.717) is 17.0 Å². The number of ketones is 1. The first-order valence-corrected chi connectivity index (χ1v) is 8.68. The number of carbonyl (C=O) groups excluding carboxylic acids is 3. The standard InChI is InChI=1S/C21H21NO6/c1-21(2)12-16(23)15-11-13(8-9-17(15)28-21)22-10-6-5-7-14(19(24)26-3)18(22)20(25)27-4/h5-11H,12H2,1-4H3. The van der Waals surface area contributed by atoms with Gasteiger partial charge in [0.05, 0.1) is 31.8 Å². The molecular weight excluding hydrogens is 362 g/mol. The smallest absolute Gasteiger partial charge is 0.355 e. The van der Waals surface area contributed by atoms with Gasteiger partial charge >= 0.3 is 11.9 Å². The number of benzene rings is 1. The minimum Gasteiger partial charge on any atom is -0.487 e. The van der Waals surface area contributed by atoms with E-state index >= 15 is 0 Å². The third kappa shape index (κ3) is 3.55. The molecule has 0 aliphatic carbocycles. The maximum absolute atomic E-state index is 12.6. The van der Waals surface area contributed by atoms with Crippen LogP contribution in [0.5, 0.6) is 5.75 Å². The van der Waals surface area contributed by atoms with Gasteiger partial charge in [-0.25, -0.2) is 9.59 Å². The molecule has 3 rings (SSSR count). The first-order chi connectivity index (χ1) is 13.3. The van der Waals surface area contributed by atoms with Crippen molar-refractivity contribution < 1.29 is 28.6 Å². The average molecular weight is 383 g/mol. The molecule has 0 amide bonds.